The van der Waals surface area contributed by atoms with Gasteiger partial charge in [-0.15, -0.1) is 0 Å². The van der Waals surface area contributed by atoms with E-state index in [1.807, 2.05) is 30.3 Å². The van der Waals surface area contributed by atoms with E-state index in [9.17, 15) is 4.79 Å². The van der Waals surface area contributed by atoms with E-state index in [0.717, 1.165) is 23.3 Å². The van der Waals surface area contributed by atoms with Crippen LogP contribution in [0.25, 0.3) is 6.08 Å². The number of thiocarbonyl (C=S) groups is 1. The van der Waals surface area contributed by atoms with E-state index in [1.165, 1.54) is 17.3 Å². The summed E-state index contributed by atoms with van der Waals surface area (Å²) in [6.07, 6.45) is 2.97. The third-order valence-corrected chi connectivity index (χ3v) is 5.55. The van der Waals surface area contributed by atoms with Gasteiger partial charge in [-0.2, -0.15) is 0 Å². The summed E-state index contributed by atoms with van der Waals surface area (Å²) < 4.78 is 6.36. The molecule has 1 amide bonds. The molecule has 0 saturated carbocycles. The number of carbonyl (C=O) groups excluding carboxylic acids is 1. The molecule has 0 aliphatic carbocycles. The van der Waals surface area contributed by atoms with Crippen molar-refractivity contribution >= 4 is 40.3 Å². The second-order valence-electron chi connectivity index (χ2n) is 6.26. The smallest absolute Gasteiger partial charge is 0.263 e. The molecule has 1 aliphatic heterocycles. The second-order valence-corrected chi connectivity index (χ2v) is 7.98. The van der Waals surface area contributed by atoms with Gasteiger partial charge in [-0.05, 0) is 47.2 Å². The fraction of sp³-hybridized carbons (Fsp3) is 0.238. The van der Waals surface area contributed by atoms with Gasteiger partial charge in [-0.1, -0.05) is 74.2 Å². The number of ether oxygens (including phenoxy) is 1. The van der Waals surface area contributed by atoms with Crippen LogP contribution in [-0.4, -0.2) is 10.2 Å². The Hall–Kier alpha value is -2.11. The highest BCUT2D eigenvalue weighted by atomic mass is 32.2. The summed E-state index contributed by atoms with van der Waals surface area (Å²) in [5.74, 6) is 1.25. The normalized spacial score (nSPS) is 16.6. The van der Waals surface area contributed by atoms with Gasteiger partial charge in [0, 0.05) is 0 Å². The van der Waals surface area contributed by atoms with Gasteiger partial charge >= 0.3 is 0 Å². The average Bonchev–Trinajstić information content (AvgIpc) is 2.98. The molecule has 3 rings (SSSR count). The lowest BCUT2D eigenvalue weighted by Crippen LogP contribution is -2.17. The van der Waals surface area contributed by atoms with Crippen LogP contribution < -0.4 is 10.1 Å². The Labute approximate surface area is 163 Å². The van der Waals surface area contributed by atoms with E-state index in [4.69, 9.17) is 17.0 Å². The minimum Gasteiger partial charge on any atom is -0.489 e. The second kappa shape index (κ2) is 8.52. The maximum absolute atomic E-state index is 11.7. The first-order chi connectivity index (χ1) is 12.5. The molecule has 134 valence electrons. The van der Waals surface area contributed by atoms with Gasteiger partial charge in [-0.3, -0.25) is 4.79 Å². The van der Waals surface area contributed by atoms with Crippen LogP contribution in [-0.2, 0) is 11.4 Å². The summed E-state index contributed by atoms with van der Waals surface area (Å²) >= 11 is 6.28. The molecule has 1 unspecified atom stereocenters. The third kappa shape index (κ3) is 4.74. The van der Waals surface area contributed by atoms with Crippen LogP contribution in [0.15, 0.2) is 53.4 Å². The zero-order valence-corrected chi connectivity index (χ0v) is 16.5. The highest BCUT2D eigenvalue weighted by molar-refractivity contribution is 8.26. The van der Waals surface area contributed by atoms with Gasteiger partial charge in [0.15, 0.2) is 0 Å². The van der Waals surface area contributed by atoms with Crippen LogP contribution >= 0.6 is 24.0 Å². The Morgan fingerprint density at radius 3 is 2.42 bits per heavy atom. The highest BCUT2D eigenvalue weighted by Gasteiger charge is 2.21. The Morgan fingerprint density at radius 1 is 1.15 bits per heavy atom. The Bertz CT molecular complexity index is 826. The molecule has 1 heterocycles. The van der Waals surface area contributed by atoms with Gasteiger partial charge in [0.2, 0.25) is 0 Å². The first-order valence-corrected chi connectivity index (χ1v) is 9.84. The first kappa shape index (κ1) is 18.7. The van der Waals surface area contributed by atoms with Gasteiger partial charge in [0.1, 0.15) is 16.7 Å². The number of thioether (sulfide) groups is 1. The largest absolute Gasteiger partial charge is 0.489 e. The molecule has 1 atom stereocenters. The van der Waals surface area contributed by atoms with Crippen LogP contribution in [0.1, 0.15) is 42.9 Å². The summed E-state index contributed by atoms with van der Waals surface area (Å²) in [7, 11) is 0. The van der Waals surface area contributed by atoms with Crippen molar-refractivity contribution in [1.29, 1.82) is 0 Å². The monoisotopic (exact) mass is 383 g/mol. The lowest BCUT2D eigenvalue weighted by Gasteiger charge is -2.10. The molecule has 26 heavy (non-hydrogen) atoms. The van der Waals surface area contributed by atoms with Crippen molar-refractivity contribution in [2.45, 2.75) is 32.8 Å². The number of hydrogen-bond acceptors (Lipinski definition) is 4. The molecule has 1 aliphatic rings. The molecule has 1 fully saturated rings. The van der Waals surface area contributed by atoms with Crippen molar-refractivity contribution in [3.63, 3.8) is 0 Å². The van der Waals surface area contributed by atoms with Gasteiger partial charge < -0.3 is 10.1 Å². The fourth-order valence-corrected chi connectivity index (χ4v) is 3.62. The quantitative estimate of drug-likeness (QED) is 0.545. The van der Waals surface area contributed by atoms with Crippen molar-refractivity contribution in [3.05, 3.63) is 70.1 Å². The van der Waals surface area contributed by atoms with E-state index in [1.54, 1.807) is 0 Å². The van der Waals surface area contributed by atoms with Gasteiger partial charge in [0.25, 0.3) is 5.91 Å². The zero-order chi connectivity index (χ0) is 18.5. The molecule has 1 N–H and O–H groups in total. The average molecular weight is 384 g/mol. The summed E-state index contributed by atoms with van der Waals surface area (Å²) in [5, 5.41) is 2.61. The summed E-state index contributed by atoms with van der Waals surface area (Å²) in [6, 6.07) is 16.3. The van der Waals surface area contributed by atoms with E-state index in [-0.39, 0.29) is 5.91 Å². The van der Waals surface area contributed by atoms with Crippen molar-refractivity contribution in [2.24, 2.45) is 0 Å². The fourth-order valence-electron chi connectivity index (χ4n) is 2.58. The molecular weight excluding hydrogens is 362 g/mol. The summed E-state index contributed by atoms with van der Waals surface area (Å²) in [6.45, 7) is 4.98. The van der Waals surface area contributed by atoms with Crippen molar-refractivity contribution < 1.29 is 9.53 Å². The SMILES string of the molecule is CCC(C)c1ccc(COc2ccc(/C=C3\SC(=S)NC3=O)cc2)cc1. The highest BCUT2D eigenvalue weighted by Crippen LogP contribution is 2.26. The topological polar surface area (TPSA) is 38.3 Å². The van der Waals surface area contributed by atoms with Crippen molar-refractivity contribution in [2.75, 3.05) is 0 Å². The van der Waals surface area contributed by atoms with E-state index < -0.39 is 0 Å². The van der Waals surface area contributed by atoms with Crippen molar-refractivity contribution in [1.82, 2.24) is 5.32 Å². The van der Waals surface area contributed by atoms with Crippen LogP contribution in [0, 0.1) is 0 Å². The molecular formula is C21H21NO2S2. The summed E-state index contributed by atoms with van der Waals surface area (Å²) in [5.41, 5.74) is 3.45. The maximum Gasteiger partial charge on any atom is 0.263 e. The van der Waals surface area contributed by atoms with Crippen LogP contribution in [0.2, 0.25) is 0 Å². The Kier molecular flexibility index (Phi) is 6.12. The maximum atomic E-state index is 11.7. The molecule has 0 aromatic heterocycles. The summed E-state index contributed by atoms with van der Waals surface area (Å²) in [4.78, 5) is 12.3. The van der Waals surface area contributed by atoms with Crippen LogP contribution in [0.4, 0.5) is 0 Å². The number of rotatable bonds is 6. The number of nitrogens with one attached hydrogen (secondary N) is 1. The van der Waals surface area contributed by atoms with Crippen molar-refractivity contribution in [3.8, 4) is 5.75 Å². The first-order valence-electron chi connectivity index (χ1n) is 8.61. The molecule has 0 spiro atoms. The molecule has 2 aromatic rings. The van der Waals surface area contributed by atoms with Gasteiger partial charge in [-0.25, -0.2) is 0 Å². The lowest BCUT2D eigenvalue weighted by atomic mass is 9.98. The van der Waals surface area contributed by atoms with E-state index >= 15 is 0 Å². The molecule has 2 aromatic carbocycles. The standard InChI is InChI=1S/C21H21NO2S2/c1-3-14(2)17-8-4-16(5-9-17)13-24-18-10-6-15(7-11-18)12-19-20(23)22-21(25)26-19/h4-12,14H,3,13H2,1-2H3,(H,22,23,25)/b19-12-. The molecule has 0 bridgehead atoms. The minimum absolute atomic E-state index is 0.138. The molecule has 1 saturated heterocycles. The molecule has 0 radical (unpaired) electrons. The van der Waals surface area contributed by atoms with Crippen LogP contribution in [0.3, 0.4) is 0 Å². The minimum atomic E-state index is -0.138. The predicted octanol–water partition coefficient (Wildman–Crippen LogP) is 5.27. The van der Waals surface area contributed by atoms with E-state index in [2.05, 4.69) is 43.4 Å². The predicted molar refractivity (Wildman–Crippen MR) is 112 cm³/mol. The van der Waals surface area contributed by atoms with Crippen LogP contribution in [0.5, 0.6) is 5.75 Å². The molecule has 3 nitrogen and oxygen atoms in total. The number of amides is 1. The third-order valence-electron chi connectivity index (χ3n) is 4.39. The number of benzene rings is 2. The Morgan fingerprint density at radius 2 is 1.85 bits per heavy atom. The number of hydrogen-bond donors (Lipinski definition) is 1. The van der Waals surface area contributed by atoms with Gasteiger partial charge in [0.05, 0.1) is 4.91 Å². The zero-order valence-electron chi connectivity index (χ0n) is 14.8. The lowest BCUT2D eigenvalue weighted by molar-refractivity contribution is -0.115. The molecule has 5 heteroatoms. The van der Waals surface area contributed by atoms with E-state index in [0.29, 0.717) is 21.8 Å². The Balaban J connectivity index is 1.59. The number of carbonyl (C=O) groups is 1.